The highest BCUT2D eigenvalue weighted by molar-refractivity contribution is 5.42. The third-order valence-electron chi connectivity index (χ3n) is 9.30. The summed E-state index contributed by atoms with van der Waals surface area (Å²) in [7, 11) is 0. The Morgan fingerprint density at radius 3 is 2.46 bits per heavy atom. The van der Waals surface area contributed by atoms with Gasteiger partial charge in [-0.2, -0.15) is 10.5 Å². The van der Waals surface area contributed by atoms with Crippen LogP contribution in [0, 0.1) is 51.2 Å². The molecule has 0 aliphatic heterocycles. The summed E-state index contributed by atoms with van der Waals surface area (Å²) in [5.41, 5.74) is 2.84. The van der Waals surface area contributed by atoms with Crippen LogP contribution in [0.25, 0.3) is 0 Å². The first-order chi connectivity index (χ1) is 13.2. The van der Waals surface area contributed by atoms with E-state index in [9.17, 15) is 5.11 Å². The van der Waals surface area contributed by atoms with E-state index in [2.05, 4.69) is 26.8 Å². The molecule has 3 fully saturated rings. The highest BCUT2D eigenvalue weighted by atomic mass is 16.3. The minimum absolute atomic E-state index is 0.0846. The van der Waals surface area contributed by atoms with Crippen LogP contribution in [-0.4, -0.2) is 10.7 Å². The van der Waals surface area contributed by atoms with Crippen LogP contribution in [0.15, 0.2) is 34.9 Å². The van der Waals surface area contributed by atoms with Crippen LogP contribution < -0.4 is 0 Å². The average Bonchev–Trinajstić information content (AvgIpc) is 2.92. The second-order valence-electron chi connectivity index (χ2n) is 10.3. The summed E-state index contributed by atoms with van der Waals surface area (Å²) in [6, 6.07) is 3.88. The monoisotopic (exact) mass is 376 g/mol. The normalized spacial score (nSPS) is 45.7. The van der Waals surface area contributed by atoms with Crippen molar-refractivity contribution in [1.29, 1.82) is 10.5 Å². The Hall–Kier alpha value is -1.84. The molecule has 0 aromatic carbocycles. The molecule has 0 spiro atoms. The Balaban J connectivity index is 1.61. The van der Waals surface area contributed by atoms with Gasteiger partial charge in [0, 0.05) is 0 Å². The summed E-state index contributed by atoms with van der Waals surface area (Å²) in [6.45, 7) is 6.91. The number of allylic oxidation sites excluding steroid dienone is 6. The van der Waals surface area contributed by atoms with Gasteiger partial charge in [0.25, 0.3) is 0 Å². The van der Waals surface area contributed by atoms with Crippen molar-refractivity contribution >= 4 is 0 Å². The Morgan fingerprint density at radius 2 is 1.75 bits per heavy atom. The van der Waals surface area contributed by atoms with Gasteiger partial charge in [-0.15, -0.1) is 0 Å². The van der Waals surface area contributed by atoms with E-state index in [-0.39, 0.29) is 16.4 Å². The quantitative estimate of drug-likeness (QED) is 0.606. The number of rotatable bonds is 1. The molecule has 148 valence electrons. The molecule has 0 radical (unpaired) electrons. The molecular formula is C25H32N2O. The Bertz CT molecular complexity index is 833. The van der Waals surface area contributed by atoms with E-state index in [1.807, 2.05) is 18.2 Å². The van der Waals surface area contributed by atoms with E-state index in [4.69, 9.17) is 10.5 Å². The van der Waals surface area contributed by atoms with Crippen LogP contribution in [0.4, 0.5) is 0 Å². The van der Waals surface area contributed by atoms with Crippen molar-refractivity contribution in [1.82, 2.24) is 0 Å². The maximum atomic E-state index is 11.0. The van der Waals surface area contributed by atoms with Gasteiger partial charge >= 0.3 is 0 Å². The number of aliphatic hydroxyl groups is 1. The summed E-state index contributed by atoms with van der Waals surface area (Å²) >= 11 is 0. The molecule has 1 N–H and O–H groups in total. The van der Waals surface area contributed by atoms with Crippen molar-refractivity contribution in [3.05, 3.63) is 34.9 Å². The largest absolute Gasteiger partial charge is 0.390 e. The Labute approximate surface area is 169 Å². The first-order valence-electron chi connectivity index (χ1n) is 10.9. The van der Waals surface area contributed by atoms with Crippen LogP contribution in [0.3, 0.4) is 0 Å². The van der Waals surface area contributed by atoms with Gasteiger partial charge in [0.05, 0.1) is 5.60 Å². The van der Waals surface area contributed by atoms with E-state index in [1.54, 1.807) is 11.6 Å². The topological polar surface area (TPSA) is 67.8 Å². The lowest BCUT2D eigenvalue weighted by Gasteiger charge is -2.59. The fourth-order valence-corrected chi connectivity index (χ4v) is 7.27. The smallest absolute Gasteiger partial charge is 0.129 e. The summed E-state index contributed by atoms with van der Waals surface area (Å²) in [5, 5.41) is 28.9. The summed E-state index contributed by atoms with van der Waals surface area (Å²) in [5.74, 6) is 2.13. The van der Waals surface area contributed by atoms with E-state index >= 15 is 0 Å². The molecule has 4 aliphatic rings. The molecule has 4 rings (SSSR count). The predicted octanol–water partition coefficient (Wildman–Crippen LogP) is 5.60. The molecule has 3 saturated carbocycles. The van der Waals surface area contributed by atoms with Crippen LogP contribution in [-0.2, 0) is 0 Å². The van der Waals surface area contributed by atoms with E-state index in [0.717, 1.165) is 43.9 Å². The highest BCUT2D eigenvalue weighted by Gasteiger charge is 2.62. The van der Waals surface area contributed by atoms with Crippen molar-refractivity contribution in [3.63, 3.8) is 0 Å². The lowest BCUT2D eigenvalue weighted by molar-refractivity contribution is -0.117. The predicted molar refractivity (Wildman–Crippen MR) is 110 cm³/mol. The van der Waals surface area contributed by atoms with Gasteiger partial charge < -0.3 is 5.11 Å². The van der Waals surface area contributed by atoms with Crippen molar-refractivity contribution in [2.75, 3.05) is 0 Å². The molecule has 0 unspecified atom stereocenters. The van der Waals surface area contributed by atoms with Gasteiger partial charge in [0.15, 0.2) is 0 Å². The first kappa shape index (κ1) is 19.5. The molecule has 28 heavy (non-hydrogen) atoms. The minimum atomic E-state index is -0.506. The van der Waals surface area contributed by atoms with Gasteiger partial charge in [-0.1, -0.05) is 31.6 Å². The fourth-order valence-electron chi connectivity index (χ4n) is 7.27. The maximum absolute atomic E-state index is 11.0. The van der Waals surface area contributed by atoms with Crippen molar-refractivity contribution in [3.8, 4) is 12.1 Å². The van der Waals surface area contributed by atoms with E-state index in [1.165, 1.54) is 24.8 Å². The molecule has 0 heterocycles. The zero-order chi connectivity index (χ0) is 20.2. The van der Waals surface area contributed by atoms with Crippen molar-refractivity contribution < 1.29 is 5.11 Å². The standard InChI is InChI=1S/C25H32N2O/c1-23-11-8-17(4-5-18(15-26)16-27)14-19(23)6-7-20-21(23)9-12-24(2)22(20)10-13-25(24,3)28/h4-5,14,20-22,28H,6-13H2,1-3H3/b17-4+/t20-,21+,22+,23+,24+,25+/m1/s1. The van der Waals surface area contributed by atoms with E-state index in [0.29, 0.717) is 5.92 Å². The molecule has 0 aromatic rings. The third-order valence-corrected chi connectivity index (χ3v) is 9.30. The molecule has 4 aliphatic carbocycles. The summed E-state index contributed by atoms with van der Waals surface area (Å²) < 4.78 is 0. The second-order valence-corrected chi connectivity index (χ2v) is 10.3. The lowest BCUT2D eigenvalue weighted by atomic mass is 9.46. The minimum Gasteiger partial charge on any atom is -0.390 e. The van der Waals surface area contributed by atoms with Gasteiger partial charge in [0.2, 0.25) is 0 Å². The zero-order valence-corrected chi connectivity index (χ0v) is 17.5. The lowest BCUT2D eigenvalue weighted by Crippen LogP contribution is -2.53. The number of hydrogen-bond acceptors (Lipinski definition) is 3. The fraction of sp³-hybridized carbons (Fsp3) is 0.680. The molecule has 6 atom stereocenters. The Morgan fingerprint density at radius 1 is 1.04 bits per heavy atom. The summed E-state index contributed by atoms with van der Waals surface area (Å²) in [6.07, 6.45) is 15.1. The van der Waals surface area contributed by atoms with E-state index < -0.39 is 5.60 Å². The number of nitrogens with zero attached hydrogens (tertiary/aromatic N) is 2. The van der Waals surface area contributed by atoms with Crippen LogP contribution in [0.1, 0.15) is 72.1 Å². The van der Waals surface area contributed by atoms with Gasteiger partial charge in [0.1, 0.15) is 17.7 Å². The maximum Gasteiger partial charge on any atom is 0.129 e. The molecule has 3 nitrogen and oxygen atoms in total. The van der Waals surface area contributed by atoms with Gasteiger partial charge in [-0.05, 0) is 98.5 Å². The third kappa shape index (κ3) is 2.71. The van der Waals surface area contributed by atoms with Crippen molar-refractivity contribution in [2.24, 2.45) is 28.6 Å². The molecule has 0 bridgehead atoms. The molecular weight excluding hydrogens is 344 g/mol. The van der Waals surface area contributed by atoms with Crippen molar-refractivity contribution in [2.45, 2.75) is 77.7 Å². The molecule has 0 saturated heterocycles. The number of fused-ring (bicyclic) bond motifs is 5. The average molecular weight is 377 g/mol. The van der Waals surface area contributed by atoms with Crippen LogP contribution in [0.5, 0.6) is 0 Å². The number of nitriles is 2. The van der Waals surface area contributed by atoms with Gasteiger partial charge in [-0.25, -0.2) is 0 Å². The highest BCUT2D eigenvalue weighted by Crippen LogP contribution is 2.67. The number of hydrogen-bond donors (Lipinski definition) is 1. The summed E-state index contributed by atoms with van der Waals surface area (Å²) in [4.78, 5) is 0. The van der Waals surface area contributed by atoms with Crippen LogP contribution in [0.2, 0.25) is 0 Å². The Kier molecular flexibility index (Phi) is 4.59. The van der Waals surface area contributed by atoms with Crippen LogP contribution >= 0.6 is 0 Å². The molecule has 0 aromatic heterocycles. The zero-order valence-electron chi connectivity index (χ0n) is 17.5. The molecule has 3 heteroatoms. The van der Waals surface area contributed by atoms with Gasteiger partial charge in [-0.3, -0.25) is 0 Å². The molecule has 0 amide bonds. The first-order valence-corrected chi connectivity index (χ1v) is 10.9. The second kappa shape index (κ2) is 6.60. The SMILES string of the molecule is C[C@]12CC/C(=C\C=C(C#N)C#N)C=C1CC[C@@H]1[C@@H]2CC[C@@]2(C)[C@H]1CC[C@]2(C)O.